The third-order valence-corrected chi connectivity index (χ3v) is 8.92. The zero-order valence-corrected chi connectivity index (χ0v) is 21.3. The van der Waals surface area contributed by atoms with Gasteiger partial charge in [0.15, 0.2) is 9.84 Å². The molecule has 0 aromatic heterocycles. The molecule has 1 amide bonds. The first kappa shape index (κ1) is 27.7. The quantitative estimate of drug-likeness (QED) is 0.455. The first-order valence-electron chi connectivity index (χ1n) is 11.4. The van der Waals surface area contributed by atoms with Crippen LogP contribution in [0.2, 0.25) is 5.02 Å². The number of nitrogens with zero attached hydrogens (tertiary/aromatic N) is 1. The molecule has 2 fully saturated rings. The molecule has 11 heteroatoms. The summed E-state index contributed by atoms with van der Waals surface area (Å²) in [6.45, 7) is 0.983. The predicted octanol–water partition coefficient (Wildman–Crippen LogP) is 4.96. The largest absolute Gasteiger partial charge is 0.497 e. The van der Waals surface area contributed by atoms with E-state index in [1.165, 1.54) is 6.07 Å². The van der Waals surface area contributed by atoms with Crippen molar-refractivity contribution in [3.63, 3.8) is 0 Å². The van der Waals surface area contributed by atoms with Crippen molar-refractivity contribution >= 4 is 27.5 Å². The van der Waals surface area contributed by atoms with Crippen LogP contribution < -0.4 is 10.1 Å². The van der Waals surface area contributed by atoms with Gasteiger partial charge in [0, 0.05) is 6.61 Å². The van der Waals surface area contributed by atoms with Crippen LogP contribution in [0, 0.1) is 23.1 Å². The topological polar surface area (TPSA) is 126 Å². The van der Waals surface area contributed by atoms with E-state index in [2.05, 4.69) is 5.32 Å². The van der Waals surface area contributed by atoms with E-state index in [4.69, 9.17) is 31.4 Å². The van der Waals surface area contributed by atoms with Gasteiger partial charge >= 0.3 is 6.09 Å². The first-order valence-corrected chi connectivity index (χ1v) is 13.3. The van der Waals surface area contributed by atoms with Gasteiger partial charge in [0.05, 0.1) is 35.0 Å². The second kappa shape index (κ2) is 11.9. The van der Waals surface area contributed by atoms with Crippen LogP contribution in [0.25, 0.3) is 0 Å². The lowest BCUT2D eigenvalue weighted by atomic mass is 10.1. The summed E-state index contributed by atoms with van der Waals surface area (Å²) in [5.74, 6) is 0.430. The highest BCUT2D eigenvalue weighted by Crippen LogP contribution is 2.36. The number of carboxylic acid groups (broad SMARTS) is 1. The van der Waals surface area contributed by atoms with Gasteiger partial charge in [-0.25, -0.2) is 17.6 Å². The number of benzene rings is 2. The standard InChI is InChI=1S/C20H22ClFO4S.C5H6N2O2/c1-25-17-6-2-14(3-7-17)12-26-13-15-4-8-18(10-15)27(23,24)20-9-5-16(22)11-19(20)21;6-3-5(1-2-5)7-4(8)9/h2-3,5-7,9,11,15,18H,4,8,10,12-13H2,1H3;7H,1-2H2,(H,8,9)/t15-,18+;/m1./s1. The normalized spacial score (nSPS) is 19.9. The van der Waals surface area contributed by atoms with E-state index in [1.54, 1.807) is 7.11 Å². The van der Waals surface area contributed by atoms with Gasteiger partial charge in [-0.1, -0.05) is 23.7 Å². The zero-order chi connectivity index (χ0) is 26.3. The number of ether oxygens (including phenoxy) is 2. The molecule has 2 aromatic carbocycles. The third-order valence-electron chi connectivity index (χ3n) is 6.22. The van der Waals surface area contributed by atoms with Crippen molar-refractivity contribution in [3.8, 4) is 11.8 Å². The van der Waals surface area contributed by atoms with Crippen LogP contribution >= 0.6 is 11.6 Å². The molecule has 2 atom stereocenters. The summed E-state index contributed by atoms with van der Waals surface area (Å²) in [4.78, 5) is 9.96. The molecular formula is C25H28ClFN2O6S. The summed E-state index contributed by atoms with van der Waals surface area (Å²) < 4.78 is 49.7. The van der Waals surface area contributed by atoms with Gasteiger partial charge < -0.3 is 19.9 Å². The van der Waals surface area contributed by atoms with Gasteiger partial charge in [-0.2, -0.15) is 5.26 Å². The predicted molar refractivity (Wildman–Crippen MR) is 131 cm³/mol. The van der Waals surface area contributed by atoms with Gasteiger partial charge in [-0.3, -0.25) is 0 Å². The van der Waals surface area contributed by atoms with E-state index in [-0.39, 0.29) is 15.8 Å². The Kier molecular flexibility index (Phi) is 9.17. The lowest BCUT2D eigenvalue weighted by molar-refractivity contribution is 0.0889. The summed E-state index contributed by atoms with van der Waals surface area (Å²) >= 11 is 5.95. The molecule has 2 aliphatic carbocycles. The van der Waals surface area contributed by atoms with Gasteiger partial charge in [0.25, 0.3) is 0 Å². The maximum Gasteiger partial charge on any atom is 0.405 e. The van der Waals surface area contributed by atoms with Crippen molar-refractivity contribution in [1.82, 2.24) is 5.32 Å². The lowest BCUT2D eigenvalue weighted by Gasteiger charge is -2.14. The van der Waals surface area contributed by atoms with E-state index < -0.39 is 32.5 Å². The average molecular weight is 539 g/mol. The number of hydrogen-bond acceptors (Lipinski definition) is 6. The Morgan fingerprint density at radius 2 is 1.94 bits per heavy atom. The van der Waals surface area contributed by atoms with Crippen LogP contribution in [0.4, 0.5) is 9.18 Å². The fraction of sp³-hybridized carbons (Fsp3) is 0.440. The van der Waals surface area contributed by atoms with Crippen LogP contribution in [-0.4, -0.2) is 44.1 Å². The Labute approximate surface area is 214 Å². The molecule has 4 rings (SSSR count). The maximum absolute atomic E-state index is 13.2. The number of carbonyl (C=O) groups is 1. The number of rotatable bonds is 8. The molecule has 0 heterocycles. The molecule has 2 saturated carbocycles. The number of sulfone groups is 1. The van der Waals surface area contributed by atoms with E-state index in [0.29, 0.717) is 38.9 Å². The Morgan fingerprint density at radius 1 is 1.25 bits per heavy atom. The van der Waals surface area contributed by atoms with Crippen LogP contribution in [-0.2, 0) is 21.2 Å². The van der Waals surface area contributed by atoms with Gasteiger partial charge in [-0.05, 0) is 73.9 Å². The summed E-state index contributed by atoms with van der Waals surface area (Å²) in [5.41, 5.74) is 0.308. The fourth-order valence-electron chi connectivity index (χ4n) is 4.01. The summed E-state index contributed by atoms with van der Waals surface area (Å²) in [5, 5.41) is 18.1. The molecule has 36 heavy (non-hydrogen) atoms. The molecule has 0 bridgehead atoms. The number of methoxy groups -OCH3 is 1. The number of amides is 1. The third kappa shape index (κ3) is 7.32. The first-order chi connectivity index (χ1) is 17.1. The molecular weight excluding hydrogens is 511 g/mol. The molecule has 0 saturated heterocycles. The van der Waals surface area contributed by atoms with Crippen molar-refractivity contribution in [1.29, 1.82) is 5.26 Å². The van der Waals surface area contributed by atoms with Crippen LogP contribution in [0.3, 0.4) is 0 Å². The van der Waals surface area contributed by atoms with Crippen molar-refractivity contribution < 1.29 is 32.2 Å². The monoisotopic (exact) mass is 538 g/mol. The molecule has 2 aliphatic rings. The van der Waals surface area contributed by atoms with E-state index in [1.807, 2.05) is 30.3 Å². The summed E-state index contributed by atoms with van der Waals surface area (Å²) in [6, 6.07) is 13.0. The van der Waals surface area contributed by atoms with E-state index >= 15 is 0 Å². The van der Waals surface area contributed by atoms with Gasteiger partial charge in [0.1, 0.15) is 17.1 Å². The molecule has 0 aliphatic heterocycles. The van der Waals surface area contributed by atoms with Gasteiger partial charge in [-0.15, -0.1) is 0 Å². The molecule has 0 radical (unpaired) electrons. The molecule has 194 valence electrons. The second-order valence-electron chi connectivity index (χ2n) is 8.91. The zero-order valence-electron chi connectivity index (χ0n) is 19.7. The van der Waals surface area contributed by atoms with Crippen molar-refractivity contribution in [3.05, 3.63) is 58.9 Å². The Balaban J connectivity index is 0.000000338. The van der Waals surface area contributed by atoms with E-state index in [0.717, 1.165) is 29.9 Å². The Bertz CT molecular complexity index is 1210. The maximum atomic E-state index is 13.2. The van der Waals surface area contributed by atoms with Crippen molar-refractivity contribution in [2.45, 2.75) is 54.4 Å². The SMILES string of the molecule is COc1ccc(COC[C@@H]2CC[C@H](S(=O)(=O)c3ccc(F)cc3Cl)C2)cc1.N#CC1(NC(=O)O)CC1. The summed E-state index contributed by atoms with van der Waals surface area (Å²) in [6.07, 6.45) is 2.05. The minimum absolute atomic E-state index is 0.00960. The highest BCUT2D eigenvalue weighted by Gasteiger charge is 2.44. The minimum atomic E-state index is -3.57. The lowest BCUT2D eigenvalue weighted by Crippen LogP contribution is -2.33. The number of nitriles is 1. The van der Waals surface area contributed by atoms with Gasteiger partial charge in [0.2, 0.25) is 0 Å². The highest BCUT2D eigenvalue weighted by atomic mass is 35.5. The number of halogens is 2. The minimum Gasteiger partial charge on any atom is -0.497 e. The van der Waals surface area contributed by atoms with Crippen LogP contribution in [0.5, 0.6) is 5.75 Å². The average Bonchev–Trinajstić information content (AvgIpc) is 3.43. The molecule has 8 nitrogen and oxygen atoms in total. The van der Waals surface area contributed by atoms with E-state index in [9.17, 15) is 17.6 Å². The fourth-order valence-corrected chi connectivity index (χ4v) is 6.42. The second-order valence-corrected chi connectivity index (χ2v) is 11.5. The number of hydrogen-bond donors (Lipinski definition) is 2. The molecule has 0 spiro atoms. The Hall–Kier alpha value is -2.87. The van der Waals surface area contributed by atoms with Crippen LogP contribution in [0.15, 0.2) is 47.4 Å². The van der Waals surface area contributed by atoms with Crippen molar-refractivity contribution in [2.75, 3.05) is 13.7 Å². The molecule has 2 N–H and O–H groups in total. The highest BCUT2D eigenvalue weighted by molar-refractivity contribution is 7.92. The molecule has 0 unspecified atom stereocenters. The van der Waals surface area contributed by atoms with Crippen molar-refractivity contribution in [2.24, 2.45) is 5.92 Å². The molecule has 2 aromatic rings. The summed E-state index contributed by atoms with van der Waals surface area (Å²) in [7, 11) is -1.95. The van der Waals surface area contributed by atoms with Crippen LogP contribution in [0.1, 0.15) is 37.7 Å². The number of nitrogens with one attached hydrogen (secondary N) is 1. The Morgan fingerprint density at radius 3 is 2.47 bits per heavy atom. The smallest absolute Gasteiger partial charge is 0.405 e.